The monoisotopic (exact) mass is 313 g/mol. The highest BCUT2D eigenvalue weighted by atomic mass is 32.1. The molecule has 0 aliphatic carbocycles. The lowest BCUT2D eigenvalue weighted by molar-refractivity contribution is -0.140. The van der Waals surface area contributed by atoms with Crippen LogP contribution in [-0.2, 0) is 9.59 Å². The van der Waals surface area contributed by atoms with Gasteiger partial charge >= 0.3 is 5.97 Å². The van der Waals surface area contributed by atoms with Crippen LogP contribution in [0, 0.1) is 5.92 Å². The molecule has 1 aromatic rings. The minimum atomic E-state index is -1.09. The second-order valence-electron chi connectivity index (χ2n) is 4.87. The third-order valence-corrected chi connectivity index (χ3v) is 3.44. The molecule has 0 saturated carbocycles. The van der Waals surface area contributed by atoms with Crippen LogP contribution in [0.15, 0.2) is 5.38 Å². The fourth-order valence-corrected chi connectivity index (χ4v) is 2.28. The van der Waals surface area contributed by atoms with Crippen LogP contribution in [0.1, 0.15) is 44.1 Å². The van der Waals surface area contributed by atoms with Crippen molar-refractivity contribution in [1.29, 1.82) is 0 Å². The summed E-state index contributed by atoms with van der Waals surface area (Å²) in [5, 5.41) is 15.9. The molecule has 0 aliphatic rings. The van der Waals surface area contributed by atoms with Crippen molar-refractivity contribution in [3.8, 4) is 0 Å². The molecule has 0 aromatic carbocycles. The Morgan fingerprint density at radius 1 is 1.38 bits per heavy atom. The number of hydrogen-bond donors (Lipinski definition) is 3. The summed E-state index contributed by atoms with van der Waals surface area (Å²) in [6, 6.07) is -0.975. The van der Waals surface area contributed by atoms with Crippen LogP contribution in [-0.4, -0.2) is 33.9 Å². The first-order valence-corrected chi connectivity index (χ1v) is 7.52. The number of amides is 2. The molecule has 21 heavy (non-hydrogen) atoms. The van der Waals surface area contributed by atoms with Crippen molar-refractivity contribution < 1.29 is 19.5 Å². The van der Waals surface area contributed by atoms with Crippen molar-refractivity contribution in [3.63, 3.8) is 0 Å². The highest BCUT2D eigenvalue weighted by Crippen LogP contribution is 2.16. The lowest BCUT2D eigenvalue weighted by Crippen LogP contribution is -2.44. The number of rotatable bonds is 7. The van der Waals surface area contributed by atoms with Crippen LogP contribution >= 0.6 is 11.3 Å². The number of anilines is 1. The van der Waals surface area contributed by atoms with Gasteiger partial charge in [-0.05, 0) is 12.3 Å². The average molecular weight is 313 g/mol. The van der Waals surface area contributed by atoms with E-state index in [1.165, 1.54) is 5.38 Å². The maximum Gasteiger partial charge on any atom is 0.326 e. The first-order valence-electron chi connectivity index (χ1n) is 6.64. The molecule has 0 fully saturated rings. The number of nitrogens with zero attached hydrogens (tertiary/aromatic N) is 1. The number of carbonyl (C=O) groups is 3. The number of thiazole rings is 1. The van der Waals surface area contributed by atoms with Crippen molar-refractivity contribution in [1.82, 2.24) is 10.3 Å². The van der Waals surface area contributed by atoms with Gasteiger partial charge in [0.25, 0.3) is 5.91 Å². The Hall–Kier alpha value is -1.96. The summed E-state index contributed by atoms with van der Waals surface area (Å²) in [5.41, 5.74) is 0.0960. The first kappa shape index (κ1) is 17.1. The second-order valence-corrected chi connectivity index (χ2v) is 5.73. The van der Waals surface area contributed by atoms with E-state index in [1.807, 2.05) is 6.92 Å². The Balaban J connectivity index is 2.69. The number of carboxylic acid groups (broad SMARTS) is 1. The van der Waals surface area contributed by atoms with Gasteiger partial charge < -0.3 is 15.7 Å². The number of carbonyl (C=O) groups excluding carboxylic acids is 2. The Kier molecular flexibility index (Phi) is 6.29. The van der Waals surface area contributed by atoms with Crippen molar-refractivity contribution in [2.45, 2.75) is 39.7 Å². The molecule has 0 spiro atoms. The quantitative estimate of drug-likeness (QED) is 0.710. The number of nitrogens with one attached hydrogen (secondary N) is 2. The Morgan fingerprint density at radius 3 is 2.57 bits per heavy atom. The minimum absolute atomic E-state index is 0.0960. The number of aromatic nitrogens is 1. The first-order chi connectivity index (χ1) is 9.85. The molecule has 0 aliphatic heterocycles. The van der Waals surface area contributed by atoms with Crippen LogP contribution in [0.25, 0.3) is 0 Å². The fraction of sp³-hybridized carbons (Fsp3) is 0.538. The molecule has 8 heteroatoms. The zero-order valence-corrected chi connectivity index (χ0v) is 13.0. The van der Waals surface area contributed by atoms with E-state index in [-0.39, 0.29) is 17.5 Å². The van der Waals surface area contributed by atoms with Crippen molar-refractivity contribution >= 4 is 34.3 Å². The minimum Gasteiger partial charge on any atom is -0.480 e. The van der Waals surface area contributed by atoms with E-state index in [1.54, 1.807) is 13.8 Å². The van der Waals surface area contributed by atoms with Gasteiger partial charge in [-0.3, -0.25) is 9.59 Å². The van der Waals surface area contributed by atoms with Crippen LogP contribution in [0.4, 0.5) is 5.13 Å². The Morgan fingerprint density at radius 2 is 2.05 bits per heavy atom. The molecule has 1 unspecified atom stereocenters. The predicted octanol–water partition coefficient (Wildman–Crippen LogP) is 1.72. The SMILES string of the molecule is CCCC(=O)Nc1nc(C(=O)NC(C(=O)O)C(C)C)cs1. The number of hydrogen-bond acceptors (Lipinski definition) is 5. The summed E-state index contributed by atoms with van der Waals surface area (Å²) in [5.74, 6) is -2.06. The van der Waals surface area contributed by atoms with Gasteiger partial charge in [0.2, 0.25) is 5.91 Å². The highest BCUT2D eigenvalue weighted by molar-refractivity contribution is 7.14. The smallest absolute Gasteiger partial charge is 0.326 e. The number of carboxylic acids is 1. The lowest BCUT2D eigenvalue weighted by atomic mass is 10.0. The van der Waals surface area contributed by atoms with Gasteiger partial charge in [-0.15, -0.1) is 11.3 Å². The van der Waals surface area contributed by atoms with Crippen LogP contribution in [0.5, 0.6) is 0 Å². The molecular formula is C13H19N3O4S. The van der Waals surface area contributed by atoms with Crippen LogP contribution in [0.2, 0.25) is 0 Å². The molecule has 1 atom stereocenters. The predicted molar refractivity (Wildman–Crippen MR) is 79.4 cm³/mol. The van der Waals surface area contributed by atoms with Gasteiger partial charge in [-0.2, -0.15) is 0 Å². The molecule has 1 rings (SSSR count). The standard InChI is InChI=1S/C13H19N3O4S/c1-4-5-9(17)15-13-14-8(6-21-13)11(18)16-10(7(2)3)12(19)20/h6-7,10H,4-5H2,1-3H3,(H,16,18)(H,19,20)(H,14,15,17). The maximum absolute atomic E-state index is 11.9. The summed E-state index contributed by atoms with van der Waals surface area (Å²) in [6.07, 6.45) is 1.11. The van der Waals surface area contributed by atoms with Gasteiger partial charge in [0.05, 0.1) is 0 Å². The van der Waals surface area contributed by atoms with Crippen molar-refractivity contribution in [3.05, 3.63) is 11.1 Å². The normalized spacial score (nSPS) is 12.0. The topological polar surface area (TPSA) is 108 Å². The molecule has 116 valence electrons. The van der Waals surface area contributed by atoms with E-state index in [0.29, 0.717) is 11.6 Å². The van der Waals surface area contributed by atoms with E-state index in [4.69, 9.17) is 5.11 Å². The summed E-state index contributed by atoms with van der Waals surface area (Å²) >= 11 is 1.12. The van der Waals surface area contributed by atoms with Crippen LogP contribution < -0.4 is 10.6 Å². The van der Waals surface area contributed by atoms with E-state index < -0.39 is 17.9 Å². The lowest BCUT2D eigenvalue weighted by Gasteiger charge is -2.16. The summed E-state index contributed by atoms with van der Waals surface area (Å²) in [6.45, 7) is 5.30. The third-order valence-electron chi connectivity index (χ3n) is 2.68. The zero-order chi connectivity index (χ0) is 16.0. The molecule has 0 radical (unpaired) electrons. The van der Waals surface area contributed by atoms with Gasteiger partial charge in [-0.1, -0.05) is 20.8 Å². The average Bonchev–Trinajstić information content (AvgIpc) is 2.83. The molecule has 1 aromatic heterocycles. The van der Waals surface area contributed by atoms with E-state index in [9.17, 15) is 14.4 Å². The highest BCUT2D eigenvalue weighted by Gasteiger charge is 2.25. The van der Waals surface area contributed by atoms with Gasteiger partial charge in [0.1, 0.15) is 11.7 Å². The summed E-state index contributed by atoms with van der Waals surface area (Å²) in [4.78, 5) is 38.4. The largest absolute Gasteiger partial charge is 0.480 e. The van der Waals surface area contributed by atoms with Crippen molar-refractivity contribution in [2.24, 2.45) is 5.92 Å². The summed E-state index contributed by atoms with van der Waals surface area (Å²) < 4.78 is 0. The fourth-order valence-electron chi connectivity index (χ4n) is 1.57. The molecule has 2 amide bonds. The third kappa shape index (κ3) is 5.14. The molecule has 1 heterocycles. The number of aliphatic carboxylic acids is 1. The van der Waals surface area contributed by atoms with Crippen molar-refractivity contribution in [2.75, 3.05) is 5.32 Å². The molecule has 0 bridgehead atoms. The van der Waals surface area contributed by atoms with Gasteiger partial charge in [-0.25, -0.2) is 9.78 Å². The zero-order valence-electron chi connectivity index (χ0n) is 12.2. The van der Waals surface area contributed by atoms with E-state index >= 15 is 0 Å². The molecule has 7 nitrogen and oxygen atoms in total. The Bertz CT molecular complexity index is 527. The molecule has 0 saturated heterocycles. The van der Waals surface area contributed by atoms with E-state index in [0.717, 1.165) is 17.8 Å². The Labute approximate surface area is 126 Å². The maximum atomic E-state index is 11.9. The summed E-state index contributed by atoms with van der Waals surface area (Å²) in [7, 11) is 0. The molecular weight excluding hydrogens is 294 g/mol. The second kappa shape index (κ2) is 7.72. The van der Waals surface area contributed by atoms with E-state index in [2.05, 4.69) is 15.6 Å². The van der Waals surface area contributed by atoms with Gasteiger partial charge in [0.15, 0.2) is 5.13 Å². The van der Waals surface area contributed by atoms with Crippen LogP contribution in [0.3, 0.4) is 0 Å². The van der Waals surface area contributed by atoms with Gasteiger partial charge in [0, 0.05) is 11.8 Å². The molecule has 3 N–H and O–H groups in total.